The van der Waals surface area contributed by atoms with Crippen molar-refractivity contribution in [1.29, 1.82) is 0 Å². The van der Waals surface area contributed by atoms with Crippen LogP contribution in [0.15, 0.2) is 48.5 Å². The highest BCUT2D eigenvalue weighted by molar-refractivity contribution is 7.92. The molecule has 0 fully saturated rings. The largest absolute Gasteiger partial charge is 0.376 e. The first kappa shape index (κ1) is 15.0. The number of para-hydroxylation sites is 1. The number of ether oxygens (including phenoxy) is 1. The summed E-state index contributed by atoms with van der Waals surface area (Å²) in [6, 6.07) is 13.2. The Morgan fingerprint density at radius 3 is 2.77 bits per heavy atom. The molecule has 1 aliphatic rings. The molecule has 0 spiro atoms. The van der Waals surface area contributed by atoms with Crippen LogP contribution < -0.4 is 4.31 Å². The first-order valence-corrected chi connectivity index (χ1v) is 8.58. The molecule has 0 atom stereocenters. The highest BCUT2D eigenvalue weighted by Crippen LogP contribution is 2.28. The zero-order valence-electron chi connectivity index (χ0n) is 11.9. The lowest BCUT2D eigenvalue weighted by Crippen LogP contribution is -2.36. The molecule has 0 N–H and O–H groups in total. The Labute approximate surface area is 129 Å². The second-order valence-corrected chi connectivity index (χ2v) is 7.15. The van der Waals surface area contributed by atoms with Crippen molar-refractivity contribution in [3.05, 3.63) is 65.5 Å². The standard InChI is InChI=1S/C16H16FNO3S/c17-15-6-3-4-13(10-15)11-18-16-7-2-1-5-14(16)12-21-8-9-22(18,19)20/h1-7,10H,8-9,11-12H2. The topological polar surface area (TPSA) is 46.6 Å². The molecular formula is C16H16FNO3S. The SMILES string of the molecule is O=S1(=O)CCOCc2ccccc2N1Cc1cccc(F)c1. The molecule has 0 bridgehead atoms. The number of sulfonamides is 1. The van der Waals surface area contributed by atoms with Crippen LogP contribution in [0, 0.1) is 5.82 Å². The molecule has 1 aliphatic heterocycles. The number of fused-ring (bicyclic) bond motifs is 1. The minimum absolute atomic E-state index is 0.0867. The zero-order chi connectivity index (χ0) is 15.6. The second kappa shape index (κ2) is 6.06. The fourth-order valence-corrected chi connectivity index (χ4v) is 3.84. The lowest BCUT2D eigenvalue weighted by atomic mass is 10.1. The first-order valence-electron chi connectivity index (χ1n) is 6.97. The molecular weight excluding hydrogens is 305 g/mol. The Bertz CT molecular complexity index is 776. The maximum absolute atomic E-state index is 13.4. The lowest BCUT2D eigenvalue weighted by Gasteiger charge is -2.28. The average molecular weight is 321 g/mol. The van der Waals surface area contributed by atoms with Gasteiger partial charge >= 0.3 is 0 Å². The van der Waals surface area contributed by atoms with E-state index in [9.17, 15) is 12.8 Å². The predicted molar refractivity (Wildman–Crippen MR) is 82.5 cm³/mol. The van der Waals surface area contributed by atoms with Gasteiger partial charge in [0.15, 0.2) is 0 Å². The Hall–Kier alpha value is -1.92. The van der Waals surface area contributed by atoms with E-state index in [1.807, 2.05) is 12.1 Å². The third-order valence-electron chi connectivity index (χ3n) is 3.55. The molecule has 0 aliphatic carbocycles. The van der Waals surface area contributed by atoms with Gasteiger partial charge in [-0.15, -0.1) is 0 Å². The van der Waals surface area contributed by atoms with E-state index < -0.39 is 10.0 Å². The first-order chi connectivity index (χ1) is 10.6. The summed E-state index contributed by atoms with van der Waals surface area (Å²) in [5, 5.41) is 0. The molecule has 0 unspecified atom stereocenters. The molecule has 2 aromatic rings. The summed E-state index contributed by atoms with van der Waals surface area (Å²) in [5.74, 6) is -0.463. The fourth-order valence-electron chi connectivity index (χ4n) is 2.47. The Kier molecular flexibility index (Phi) is 4.13. The van der Waals surface area contributed by atoms with Crippen molar-refractivity contribution in [2.75, 3.05) is 16.7 Å². The van der Waals surface area contributed by atoms with E-state index in [1.54, 1.807) is 24.3 Å². The van der Waals surface area contributed by atoms with E-state index in [2.05, 4.69) is 0 Å². The number of halogens is 1. The van der Waals surface area contributed by atoms with Gasteiger partial charge in [0.1, 0.15) is 5.82 Å². The third kappa shape index (κ3) is 3.13. The summed E-state index contributed by atoms with van der Waals surface area (Å²) < 4.78 is 45.2. The Morgan fingerprint density at radius 1 is 1.14 bits per heavy atom. The highest BCUT2D eigenvalue weighted by atomic mass is 32.2. The maximum Gasteiger partial charge on any atom is 0.237 e. The fraction of sp³-hybridized carbons (Fsp3) is 0.250. The molecule has 0 radical (unpaired) electrons. The summed E-state index contributed by atoms with van der Waals surface area (Å²) in [7, 11) is -3.52. The molecule has 1 heterocycles. The van der Waals surface area contributed by atoms with E-state index in [1.165, 1.54) is 16.4 Å². The van der Waals surface area contributed by atoms with E-state index in [0.29, 0.717) is 17.9 Å². The minimum atomic E-state index is -3.52. The van der Waals surface area contributed by atoms with Crippen LogP contribution in [-0.2, 0) is 27.9 Å². The van der Waals surface area contributed by atoms with Gasteiger partial charge in [-0.3, -0.25) is 4.31 Å². The lowest BCUT2D eigenvalue weighted by molar-refractivity contribution is 0.135. The summed E-state index contributed by atoms with van der Waals surface area (Å²) in [6.07, 6.45) is 0. The van der Waals surface area contributed by atoms with E-state index in [0.717, 1.165) is 5.56 Å². The minimum Gasteiger partial charge on any atom is -0.376 e. The molecule has 116 valence electrons. The number of nitrogens with zero attached hydrogens (tertiary/aromatic N) is 1. The van der Waals surface area contributed by atoms with Gasteiger partial charge in [-0.25, -0.2) is 12.8 Å². The van der Waals surface area contributed by atoms with Crippen molar-refractivity contribution in [1.82, 2.24) is 0 Å². The van der Waals surface area contributed by atoms with Crippen LogP contribution in [0.3, 0.4) is 0 Å². The van der Waals surface area contributed by atoms with Gasteiger partial charge in [-0.1, -0.05) is 30.3 Å². The smallest absolute Gasteiger partial charge is 0.237 e. The molecule has 0 saturated heterocycles. The number of hydrogen-bond acceptors (Lipinski definition) is 3. The molecule has 0 aromatic heterocycles. The quantitative estimate of drug-likeness (QED) is 0.854. The number of anilines is 1. The van der Waals surface area contributed by atoms with Crippen molar-refractivity contribution in [2.45, 2.75) is 13.2 Å². The van der Waals surface area contributed by atoms with Crippen molar-refractivity contribution >= 4 is 15.7 Å². The highest BCUT2D eigenvalue weighted by Gasteiger charge is 2.26. The maximum atomic E-state index is 13.4. The van der Waals surface area contributed by atoms with Crippen LogP contribution in [0.4, 0.5) is 10.1 Å². The summed E-state index contributed by atoms with van der Waals surface area (Å²) in [5.41, 5.74) is 2.01. The molecule has 22 heavy (non-hydrogen) atoms. The monoisotopic (exact) mass is 321 g/mol. The van der Waals surface area contributed by atoms with Crippen molar-refractivity contribution in [3.63, 3.8) is 0 Å². The van der Waals surface area contributed by atoms with Gasteiger partial charge in [-0.05, 0) is 23.8 Å². The van der Waals surface area contributed by atoms with Gasteiger partial charge < -0.3 is 4.74 Å². The van der Waals surface area contributed by atoms with Crippen LogP contribution >= 0.6 is 0 Å². The number of rotatable bonds is 2. The molecule has 3 rings (SSSR count). The molecule has 2 aromatic carbocycles. The van der Waals surface area contributed by atoms with Crippen LogP contribution in [0.25, 0.3) is 0 Å². The summed E-state index contributed by atoms with van der Waals surface area (Å²) in [6.45, 7) is 0.624. The van der Waals surface area contributed by atoms with E-state index in [-0.39, 0.29) is 24.7 Å². The second-order valence-electron chi connectivity index (χ2n) is 5.13. The summed E-state index contributed by atoms with van der Waals surface area (Å²) in [4.78, 5) is 0. The van der Waals surface area contributed by atoms with E-state index >= 15 is 0 Å². The van der Waals surface area contributed by atoms with Gasteiger partial charge in [0.05, 0.1) is 31.2 Å². The predicted octanol–water partition coefficient (Wildman–Crippen LogP) is 2.69. The zero-order valence-corrected chi connectivity index (χ0v) is 12.7. The van der Waals surface area contributed by atoms with Crippen molar-refractivity contribution in [3.8, 4) is 0 Å². The Morgan fingerprint density at radius 2 is 1.95 bits per heavy atom. The van der Waals surface area contributed by atoms with Crippen LogP contribution in [-0.4, -0.2) is 20.8 Å². The van der Waals surface area contributed by atoms with Crippen molar-refractivity contribution in [2.24, 2.45) is 0 Å². The average Bonchev–Trinajstić information content (AvgIpc) is 2.49. The summed E-state index contributed by atoms with van der Waals surface area (Å²) >= 11 is 0. The van der Waals surface area contributed by atoms with Gasteiger partial charge in [0.2, 0.25) is 10.0 Å². The van der Waals surface area contributed by atoms with Crippen LogP contribution in [0.1, 0.15) is 11.1 Å². The van der Waals surface area contributed by atoms with Gasteiger partial charge in [0, 0.05) is 5.56 Å². The Balaban J connectivity index is 2.05. The van der Waals surface area contributed by atoms with Crippen LogP contribution in [0.2, 0.25) is 0 Å². The normalized spacial score (nSPS) is 17.4. The molecule has 0 amide bonds. The van der Waals surface area contributed by atoms with E-state index in [4.69, 9.17) is 4.74 Å². The number of benzene rings is 2. The molecule has 0 saturated carbocycles. The molecule has 6 heteroatoms. The molecule has 4 nitrogen and oxygen atoms in total. The van der Waals surface area contributed by atoms with Gasteiger partial charge in [-0.2, -0.15) is 0 Å². The van der Waals surface area contributed by atoms with Crippen molar-refractivity contribution < 1.29 is 17.5 Å². The van der Waals surface area contributed by atoms with Crippen LogP contribution in [0.5, 0.6) is 0 Å². The van der Waals surface area contributed by atoms with Gasteiger partial charge in [0.25, 0.3) is 0 Å². The number of hydrogen-bond donors (Lipinski definition) is 0. The third-order valence-corrected chi connectivity index (χ3v) is 5.23.